The van der Waals surface area contributed by atoms with Gasteiger partial charge >= 0.3 is 0 Å². The number of nitrogens with zero attached hydrogens (tertiary/aromatic N) is 4. The van der Waals surface area contributed by atoms with Crippen molar-refractivity contribution >= 4 is 39.1 Å². The number of para-hydroxylation sites is 1. The molecule has 0 fully saturated rings. The lowest BCUT2D eigenvalue weighted by Gasteiger charge is -2.13. The van der Waals surface area contributed by atoms with Crippen molar-refractivity contribution < 1.29 is 18.3 Å². The Bertz CT molecular complexity index is 1110. The van der Waals surface area contributed by atoms with Crippen LogP contribution >= 0.6 is 11.6 Å². The molecule has 0 aliphatic carbocycles. The van der Waals surface area contributed by atoms with Gasteiger partial charge in [0, 0.05) is 17.0 Å². The second-order valence-corrected chi connectivity index (χ2v) is 7.18. The number of carboxylic acid groups (broad SMARTS) is 1. The maximum atomic E-state index is 12.5. The fourth-order valence-electron chi connectivity index (χ4n) is 2.24. The van der Waals surface area contributed by atoms with Crippen LogP contribution in [0.3, 0.4) is 0 Å². The van der Waals surface area contributed by atoms with Gasteiger partial charge < -0.3 is 9.90 Å². The minimum atomic E-state index is -4.29. The number of aromatic carboxylic acids is 1. The molecule has 0 saturated heterocycles. The van der Waals surface area contributed by atoms with Gasteiger partial charge in [-0.15, -0.1) is 5.10 Å². The van der Waals surface area contributed by atoms with Crippen LogP contribution in [0.1, 0.15) is 21.7 Å². The van der Waals surface area contributed by atoms with Gasteiger partial charge in [-0.05, 0) is 26.0 Å². The second-order valence-electron chi connectivity index (χ2n) is 5.20. The molecule has 0 aliphatic rings. The standard InChI is InChI=1S/C14H12ClN5O4S/c1-7-6-8(2)20-13(16-7)17-14(18-20)25(23,24)19-11-9(12(21)22)4-3-5-10(11)15/h3-6,19H,1-2H3,(H,21,22)/p-1. The summed E-state index contributed by atoms with van der Waals surface area (Å²) in [6.45, 7) is 3.46. The molecule has 1 N–H and O–H groups in total. The Morgan fingerprint density at radius 2 is 2.00 bits per heavy atom. The molecule has 25 heavy (non-hydrogen) atoms. The molecule has 0 bridgehead atoms. The first-order valence-corrected chi connectivity index (χ1v) is 8.79. The minimum Gasteiger partial charge on any atom is -0.545 e. The topological polar surface area (TPSA) is 129 Å². The van der Waals surface area contributed by atoms with Crippen LogP contribution in [-0.2, 0) is 10.0 Å². The molecule has 0 radical (unpaired) electrons. The molecule has 0 atom stereocenters. The molecule has 2 heterocycles. The van der Waals surface area contributed by atoms with Gasteiger partial charge in [0.2, 0.25) is 0 Å². The van der Waals surface area contributed by atoms with Crippen molar-refractivity contribution in [1.82, 2.24) is 19.6 Å². The zero-order chi connectivity index (χ0) is 18.4. The fourth-order valence-corrected chi connectivity index (χ4v) is 3.49. The van der Waals surface area contributed by atoms with Gasteiger partial charge in [0.1, 0.15) is 0 Å². The van der Waals surface area contributed by atoms with Gasteiger partial charge in [-0.25, -0.2) is 9.50 Å². The molecule has 0 spiro atoms. The Kier molecular flexibility index (Phi) is 4.09. The summed E-state index contributed by atoms with van der Waals surface area (Å²) < 4.78 is 28.5. The van der Waals surface area contributed by atoms with E-state index >= 15 is 0 Å². The molecule has 0 unspecified atom stereocenters. The molecule has 0 aliphatic heterocycles. The van der Waals surface area contributed by atoms with Crippen LogP contribution in [0.15, 0.2) is 29.4 Å². The third kappa shape index (κ3) is 3.13. The maximum Gasteiger partial charge on any atom is 0.299 e. The predicted octanol–water partition coefficient (Wildman–Crippen LogP) is 0.559. The zero-order valence-corrected chi connectivity index (χ0v) is 14.6. The summed E-state index contributed by atoms with van der Waals surface area (Å²) in [5, 5.41) is 14.4. The normalized spacial score (nSPS) is 11.6. The Hall–Kier alpha value is -2.72. The highest BCUT2D eigenvalue weighted by Crippen LogP contribution is 2.27. The molecule has 3 aromatic rings. The predicted molar refractivity (Wildman–Crippen MR) is 86.8 cm³/mol. The summed E-state index contributed by atoms with van der Waals surface area (Å²) in [6.07, 6.45) is 0. The smallest absolute Gasteiger partial charge is 0.299 e. The first-order valence-electron chi connectivity index (χ1n) is 6.93. The van der Waals surface area contributed by atoms with Crippen molar-refractivity contribution in [1.29, 1.82) is 0 Å². The second kappa shape index (κ2) is 5.97. The molecule has 9 nitrogen and oxygen atoms in total. The molecule has 0 amide bonds. The monoisotopic (exact) mass is 380 g/mol. The number of hydrogen-bond acceptors (Lipinski definition) is 7. The molecule has 11 heteroatoms. The zero-order valence-electron chi connectivity index (χ0n) is 13.0. The number of benzene rings is 1. The lowest BCUT2D eigenvalue weighted by atomic mass is 10.2. The molecular weight excluding hydrogens is 370 g/mol. The average molecular weight is 381 g/mol. The van der Waals surface area contributed by atoms with Crippen LogP contribution in [0.25, 0.3) is 5.78 Å². The van der Waals surface area contributed by atoms with Crippen molar-refractivity contribution in [2.75, 3.05) is 4.72 Å². The number of anilines is 1. The third-order valence-electron chi connectivity index (χ3n) is 3.31. The highest BCUT2D eigenvalue weighted by atomic mass is 35.5. The van der Waals surface area contributed by atoms with Gasteiger partial charge in [0.25, 0.3) is 21.0 Å². The summed E-state index contributed by atoms with van der Waals surface area (Å²) in [4.78, 5) is 19.2. The van der Waals surface area contributed by atoms with Crippen molar-refractivity contribution in [3.8, 4) is 0 Å². The van der Waals surface area contributed by atoms with E-state index in [9.17, 15) is 18.3 Å². The highest BCUT2D eigenvalue weighted by Gasteiger charge is 2.24. The number of carboxylic acids is 1. The van der Waals surface area contributed by atoms with E-state index in [0.29, 0.717) is 11.4 Å². The number of rotatable bonds is 4. The molecular formula is C14H11ClN5O4S-. The Morgan fingerprint density at radius 3 is 2.68 bits per heavy atom. The number of carbonyl (C=O) groups excluding carboxylic acids is 1. The molecule has 0 saturated carbocycles. The first-order chi connectivity index (χ1) is 11.7. The summed E-state index contributed by atoms with van der Waals surface area (Å²) in [6, 6.07) is 5.60. The van der Waals surface area contributed by atoms with Gasteiger partial charge in [0.05, 0.1) is 16.7 Å². The molecule has 130 valence electrons. The number of aryl methyl sites for hydroxylation is 2. The summed E-state index contributed by atoms with van der Waals surface area (Å²) in [7, 11) is -4.29. The van der Waals surface area contributed by atoms with E-state index < -0.39 is 26.7 Å². The summed E-state index contributed by atoms with van der Waals surface area (Å²) in [5.41, 5.74) is 0.582. The van der Waals surface area contributed by atoms with Crippen molar-refractivity contribution in [2.45, 2.75) is 19.0 Å². The number of carbonyl (C=O) groups is 1. The van der Waals surface area contributed by atoms with Crippen molar-refractivity contribution in [2.24, 2.45) is 0 Å². The molecule has 2 aromatic heterocycles. The van der Waals surface area contributed by atoms with E-state index in [4.69, 9.17) is 11.6 Å². The van der Waals surface area contributed by atoms with Crippen LogP contribution in [-0.4, -0.2) is 34.0 Å². The van der Waals surface area contributed by atoms with Crippen LogP contribution in [0.2, 0.25) is 5.02 Å². The first kappa shape index (κ1) is 17.1. The minimum absolute atomic E-state index is 0.0980. The quantitative estimate of drug-likeness (QED) is 0.699. The fraction of sp³-hybridized carbons (Fsp3) is 0.143. The Labute approximate surface area is 147 Å². The van der Waals surface area contributed by atoms with Gasteiger partial charge in [-0.3, -0.25) is 4.72 Å². The van der Waals surface area contributed by atoms with E-state index in [1.807, 2.05) is 0 Å². The van der Waals surface area contributed by atoms with E-state index in [-0.39, 0.29) is 16.5 Å². The maximum absolute atomic E-state index is 12.5. The SMILES string of the molecule is Cc1cc(C)n2nc(S(=O)(=O)Nc3c(Cl)cccc3C(=O)[O-])nc2n1. The number of aromatic nitrogens is 4. The van der Waals surface area contributed by atoms with Gasteiger partial charge in [-0.1, -0.05) is 23.7 Å². The van der Waals surface area contributed by atoms with Crippen LogP contribution in [0.4, 0.5) is 5.69 Å². The highest BCUT2D eigenvalue weighted by molar-refractivity contribution is 7.92. The number of fused-ring (bicyclic) bond motifs is 1. The third-order valence-corrected chi connectivity index (χ3v) is 4.75. The molecule has 3 rings (SSSR count). The Balaban J connectivity index is 2.10. The average Bonchev–Trinajstić information content (AvgIpc) is 2.94. The lowest BCUT2D eigenvalue weighted by molar-refractivity contribution is -0.254. The Morgan fingerprint density at radius 1 is 1.28 bits per heavy atom. The van der Waals surface area contributed by atoms with Crippen LogP contribution < -0.4 is 9.83 Å². The van der Waals surface area contributed by atoms with Crippen LogP contribution in [0, 0.1) is 13.8 Å². The van der Waals surface area contributed by atoms with Crippen molar-refractivity contribution in [3.63, 3.8) is 0 Å². The van der Waals surface area contributed by atoms with E-state index in [1.54, 1.807) is 19.9 Å². The number of hydrogen-bond donors (Lipinski definition) is 1. The van der Waals surface area contributed by atoms with E-state index in [2.05, 4.69) is 19.8 Å². The van der Waals surface area contributed by atoms with Crippen molar-refractivity contribution in [3.05, 3.63) is 46.2 Å². The van der Waals surface area contributed by atoms with Crippen LogP contribution in [0.5, 0.6) is 0 Å². The number of sulfonamides is 1. The largest absolute Gasteiger partial charge is 0.545 e. The summed E-state index contributed by atoms with van der Waals surface area (Å²) >= 11 is 5.92. The lowest BCUT2D eigenvalue weighted by Crippen LogP contribution is -2.25. The molecule has 1 aromatic carbocycles. The van der Waals surface area contributed by atoms with E-state index in [1.165, 1.54) is 22.7 Å². The number of halogens is 1. The number of nitrogens with one attached hydrogen (secondary N) is 1. The summed E-state index contributed by atoms with van der Waals surface area (Å²) in [5.74, 6) is -1.46. The van der Waals surface area contributed by atoms with E-state index in [0.717, 1.165) is 0 Å². The van der Waals surface area contributed by atoms with Gasteiger partial charge in [-0.2, -0.15) is 13.4 Å². The van der Waals surface area contributed by atoms with Gasteiger partial charge in [0.15, 0.2) is 0 Å².